The molecule has 1 atom stereocenters. The third-order valence-electron chi connectivity index (χ3n) is 6.31. The van der Waals surface area contributed by atoms with Crippen LogP contribution in [0.4, 0.5) is 4.79 Å². The van der Waals surface area contributed by atoms with Gasteiger partial charge in [0.2, 0.25) is 0 Å². The van der Waals surface area contributed by atoms with E-state index in [1.807, 2.05) is 13.0 Å². The molecular weight excluding hydrogens is 346 g/mol. The number of benzene rings is 1. The fraction of sp³-hybridized carbons (Fsp3) is 0.550. The number of carbonyl (C=O) groups is 2. The van der Waals surface area contributed by atoms with Crippen molar-refractivity contribution >= 4 is 11.9 Å². The van der Waals surface area contributed by atoms with Crippen LogP contribution in [0.1, 0.15) is 50.2 Å². The highest BCUT2D eigenvalue weighted by Gasteiger charge is 2.54. The van der Waals surface area contributed by atoms with E-state index in [4.69, 9.17) is 9.47 Å². The van der Waals surface area contributed by atoms with Crippen LogP contribution in [0.15, 0.2) is 12.1 Å². The number of nitrogens with one attached hydrogen (secondary N) is 1. The van der Waals surface area contributed by atoms with Gasteiger partial charge in [-0.2, -0.15) is 5.26 Å². The molecule has 1 spiro atoms. The number of ether oxygens (including phenoxy) is 2. The molecule has 1 aromatic rings. The largest absolute Gasteiger partial charge is 0.492 e. The molecule has 3 amide bonds. The minimum absolute atomic E-state index is 0.0137. The summed E-state index contributed by atoms with van der Waals surface area (Å²) in [6.07, 6.45) is 3.79. The van der Waals surface area contributed by atoms with E-state index in [-0.39, 0.29) is 29.5 Å². The first-order valence-corrected chi connectivity index (χ1v) is 9.57. The maximum absolute atomic E-state index is 12.3. The van der Waals surface area contributed by atoms with E-state index in [2.05, 4.69) is 11.4 Å². The Hall–Kier alpha value is -2.75. The second kappa shape index (κ2) is 5.62. The summed E-state index contributed by atoms with van der Waals surface area (Å²) < 4.78 is 12.0. The lowest BCUT2D eigenvalue weighted by molar-refractivity contribution is -0.131. The zero-order valence-electron chi connectivity index (χ0n) is 15.2. The number of imide groups is 1. The van der Waals surface area contributed by atoms with Crippen LogP contribution < -0.4 is 14.8 Å². The van der Waals surface area contributed by atoms with E-state index in [0.717, 1.165) is 24.2 Å². The highest BCUT2D eigenvalue weighted by Crippen LogP contribution is 2.59. The van der Waals surface area contributed by atoms with Crippen molar-refractivity contribution < 1.29 is 19.1 Å². The Bertz CT molecular complexity index is 880. The Kier molecular flexibility index (Phi) is 3.42. The van der Waals surface area contributed by atoms with Gasteiger partial charge >= 0.3 is 6.03 Å². The average Bonchev–Trinajstić information content (AvgIpc) is 3.24. The molecule has 5 rings (SSSR count). The van der Waals surface area contributed by atoms with Gasteiger partial charge in [-0.1, -0.05) is 6.92 Å². The number of urea groups is 1. The number of hydrogen-bond donors (Lipinski definition) is 1. The van der Waals surface area contributed by atoms with Gasteiger partial charge in [-0.15, -0.1) is 0 Å². The normalized spacial score (nSPS) is 29.6. The molecule has 3 fully saturated rings. The minimum atomic E-state index is -0.410. The topological polar surface area (TPSA) is 91.7 Å². The van der Waals surface area contributed by atoms with Crippen molar-refractivity contribution in [2.24, 2.45) is 0 Å². The van der Waals surface area contributed by atoms with Crippen LogP contribution in [0.3, 0.4) is 0 Å². The van der Waals surface area contributed by atoms with Crippen LogP contribution in [0.2, 0.25) is 0 Å². The molecule has 1 aromatic carbocycles. The van der Waals surface area contributed by atoms with Crippen LogP contribution in [-0.2, 0) is 10.2 Å². The summed E-state index contributed by atoms with van der Waals surface area (Å²) in [5, 5.41) is 12.2. The van der Waals surface area contributed by atoms with Crippen LogP contribution in [0, 0.1) is 11.3 Å². The maximum Gasteiger partial charge on any atom is 0.325 e. The van der Waals surface area contributed by atoms with Crippen molar-refractivity contribution in [3.8, 4) is 17.6 Å². The van der Waals surface area contributed by atoms with E-state index in [1.165, 1.54) is 4.90 Å². The van der Waals surface area contributed by atoms with Gasteiger partial charge in [-0.05, 0) is 31.4 Å². The lowest BCUT2D eigenvalue weighted by Crippen LogP contribution is -2.52. The second-order valence-electron chi connectivity index (χ2n) is 7.98. The van der Waals surface area contributed by atoms with Gasteiger partial charge in [0.05, 0.1) is 12.2 Å². The van der Waals surface area contributed by atoms with E-state index in [0.29, 0.717) is 37.2 Å². The summed E-state index contributed by atoms with van der Waals surface area (Å²) in [6, 6.07) is 4.98. The van der Waals surface area contributed by atoms with Crippen LogP contribution in [-0.4, -0.2) is 41.6 Å². The molecule has 4 aliphatic rings. The van der Waals surface area contributed by atoms with E-state index < -0.39 is 6.04 Å². The molecule has 1 saturated heterocycles. The SMILES string of the molecule is CC[C@@H]1NC(=O)N(C2CC(Oc3c(C#N)ccc4c3C3(CC3)CO4)C2)C1=O. The van der Waals surface area contributed by atoms with Crippen LogP contribution in [0.25, 0.3) is 0 Å². The van der Waals surface area contributed by atoms with Gasteiger partial charge in [0.25, 0.3) is 5.91 Å². The first-order valence-electron chi connectivity index (χ1n) is 9.57. The summed E-state index contributed by atoms with van der Waals surface area (Å²) >= 11 is 0. The van der Waals surface area contributed by atoms with Gasteiger partial charge in [0, 0.05) is 29.9 Å². The number of nitrogens with zero attached hydrogens (tertiary/aromatic N) is 2. The first kappa shape index (κ1) is 16.4. The van der Waals surface area contributed by atoms with E-state index >= 15 is 0 Å². The standard InChI is InChI=1S/C20H21N3O4/c1-2-14-18(24)23(19(25)22-14)12-7-13(8-12)27-17-11(9-21)3-4-15-16(17)20(5-6-20)10-26-15/h3-4,12-14H,2,5-8,10H2,1H3,(H,22,25)/t12?,13?,14-/m0/s1. The van der Waals surface area contributed by atoms with Crippen molar-refractivity contribution in [2.45, 2.75) is 62.6 Å². The molecule has 2 aliphatic heterocycles. The van der Waals surface area contributed by atoms with Gasteiger partial charge in [-0.3, -0.25) is 9.69 Å². The summed E-state index contributed by atoms with van der Waals surface area (Å²) in [4.78, 5) is 25.8. The number of hydrogen-bond acceptors (Lipinski definition) is 5. The molecule has 7 heteroatoms. The molecule has 0 bridgehead atoms. The van der Waals surface area contributed by atoms with Gasteiger partial charge in [-0.25, -0.2) is 4.79 Å². The minimum Gasteiger partial charge on any atom is -0.492 e. The molecule has 2 heterocycles. The quantitative estimate of drug-likeness (QED) is 0.824. The molecule has 1 N–H and O–H groups in total. The Morgan fingerprint density at radius 2 is 2.15 bits per heavy atom. The molecule has 0 aromatic heterocycles. The number of amides is 3. The predicted molar refractivity (Wildman–Crippen MR) is 94.5 cm³/mol. The Morgan fingerprint density at radius 1 is 1.37 bits per heavy atom. The average molecular weight is 367 g/mol. The Balaban J connectivity index is 1.33. The number of rotatable bonds is 4. The zero-order chi connectivity index (χ0) is 18.8. The van der Waals surface area contributed by atoms with Crippen molar-refractivity contribution in [2.75, 3.05) is 6.61 Å². The van der Waals surface area contributed by atoms with Crippen molar-refractivity contribution in [1.29, 1.82) is 5.26 Å². The lowest BCUT2D eigenvalue weighted by atomic mass is 9.87. The van der Waals surface area contributed by atoms with Crippen molar-refractivity contribution in [1.82, 2.24) is 10.2 Å². The first-order chi connectivity index (χ1) is 13.1. The second-order valence-corrected chi connectivity index (χ2v) is 7.98. The molecular formula is C20H21N3O4. The Morgan fingerprint density at radius 3 is 2.78 bits per heavy atom. The van der Waals surface area contributed by atoms with Gasteiger partial charge in [0.1, 0.15) is 29.7 Å². The predicted octanol–water partition coefficient (Wildman–Crippen LogP) is 2.22. The molecule has 140 valence electrons. The van der Waals surface area contributed by atoms with E-state index in [1.54, 1.807) is 6.07 Å². The molecule has 27 heavy (non-hydrogen) atoms. The lowest BCUT2D eigenvalue weighted by Gasteiger charge is -2.39. The van der Waals surface area contributed by atoms with Crippen molar-refractivity contribution in [3.63, 3.8) is 0 Å². The number of fused-ring (bicyclic) bond motifs is 2. The zero-order valence-corrected chi connectivity index (χ0v) is 15.2. The van der Waals surface area contributed by atoms with E-state index in [9.17, 15) is 14.9 Å². The summed E-state index contributed by atoms with van der Waals surface area (Å²) in [5.74, 6) is 1.31. The fourth-order valence-electron chi connectivity index (χ4n) is 4.41. The third-order valence-corrected chi connectivity index (χ3v) is 6.31. The molecule has 0 unspecified atom stereocenters. The molecule has 2 aliphatic carbocycles. The monoisotopic (exact) mass is 367 g/mol. The smallest absolute Gasteiger partial charge is 0.325 e. The van der Waals surface area contributed by atoms with Crippen molar-refractivity contribution in [3.05, 3.63) is 23.3 Å². The molecule has 0 radical (unpaired) electrons. The summed E-state index contributed by atoms with van der Waals surface area (Å²) in [6.45, 7) is 2.54. The van der Waals surface area contributed by atoms with Gasteiger partial charge in [0.15, 0.2) is 0 Å². The fourth-order valence-corrected chi connectivity index (χ4v) is 4.41. The number of nitriles is 1. The maximum atomic E-state index is 12.3. The summed E-state index contributed by atoms with van der Waals surface area (Å²) in [7, 11) is 0. The summed E-state index contributed by atoms with van der Waals surface area (Å²) in [5.41, 5.74) is 1.57. The third kappa shape index (κ3) is 2.32. The highest BCUT2D eigenvalue weighted by atomic mass is 16.5. The van der Waals surface area contributed by atoms with Gasteiger partial charge < -0.3 is 14.8 Å². The highest BCUT2D eigenvalue weighted by molar-refractivity contribution is 6.04. The number of carbonyl (C=O) groups excluding carboxylic acids is 2. The van der Waals surface area contributed by atoms with Crippen LogP contribution >= 0.6 is 0 Å². The molecule has 2 saturated carbocycles. The molecule has 7 nitrogen and oxygen atoms in total. The van der Waals surface area contributed by atoms with Crippen LogP contribution in [0.5, 0.6) is 11.5 Å². The Labute approximate surface area is 157 Å².